The number of aromatic nitrogens is 2. The van der Waals surface area contributed by atoms with Crippen molar-refractivity contribution in [2.24, 2.45) is 0 Å². The van der Waals surface area contributed by atoms with E-state index in [1.165, 1.54) is 32.1 Å². The number of carbonyl (C=O) groups is 1. The molecule has 25 heavy (non-hydrogen) atoms. The molecule has 4 rings (SSSR count). The van der Waals surface area contributed by atoms with E-state index in [0.29, 0.717) is 24.9 Å². The van der Waals surface area contributed by atoms with Gasteiger partial charge in [-0.25, -0.2) is 0 Å². The first-order chi connectivity index (χ1) is 12.3. The lowest BCUT2D eigenvalue weighted by Gasteiger charge is -2.42. The molecule has 1 spiro atoms. The average molecular weight is 346 g/mol. The number of nitrogens with one attached hydrogen (secondary N) is 1. The van der Waals surface area contributed by atoms with Crippen molar-refractivity contribution in [3.05, 3.63) is 18.0 Å². The Kier molecular flexibility index (Phi) is 5.08. The van der Waals surface area contributed by atoms with Gasteiger partial charge in [-0.15, -0.1) is 0 Å². The van der Waals surface area contributed by atoms with Crippen molar-refractivity contribution in [3.63, 3.8) is 0 Å². The van der Waals surface area contributed by atoms with Crippen LogP contribution in [0.25, 0.3) is 0 Å². The number of piperidine rings is 1. The van der Waals surface area contributed by atoms with Gasteiger partial charge < -0.3 is 15.0 Å². The van der Waals surface area contributed by atoms with Gasteiger partial charge in [0, 0.05) is 19.3 Å². The van der Waals surface area contributed by atoms with Crippen LogP contribution >= 0.6 is 0 Å². The van der Waals surface area contributed by atoms with Gasteiger partial charge in [0.05, 0.1) is 24.8 Å². The van der Waals surface area contributed by atoms with Crippen LogP contribution < -0.4 is 5.32 Å². The first kappa shape index (κ1) is 17.0. The third kappa shape index (κ3) is 3.75. The lowest BCUT2D eigenvalue weighted by atomic mass is 9.92. The Bertz CT molecular complexity index is 586. The first-order valence-corrected chi connectivity index (χ1v) is 9.95. The standard InChI is InChI=1S/C19H30N4O2/c24-18(17-7-11-23(21-17)16-6-5-10-20-14-16)22-12-13-25-19(15-22)8-3-1-2-4-9-19/h7,11,16,20H,1-6,8-10,12-15H2. The topological polar surface area (TPSA) is 59.4 Å². The Morgan fingerprint density at radius 1 is 1.24 bits per heavy atom. The van der Waals surface area contributed by atoms with Crippen molar-refractivity contribution >= 4 is 5.91 Å². The minimum atomic E-state index is -0.111. The summed E-state index contributed by atoms with van der Waals surface area (Å²) in [6.07, 6.45) is 11.4. The summed E-state index contributed by atoms with van der Waals surface area (Å²) in [4.78, 5) is 15.0. The van der Waals surface area contributed by atoms with E-state index in [2.05, 4.69) is 10.4 Å². The molecule has 0 aromatic carbocycles. The van der Waals surface area contributed by atoms with E-state index in [9.17, 15) is 4.79 Å². The van der Waals surface area contributed by atoms with Crippen LogP contribution in [0, 0.1) is 0 Å². The molecule has 6 heteroatoms. The first-order valence-electron chi connectivity index (χ1n) is 9.95. The van der Waals surface area contributed by atoms with E-state index in [-0.39, 0.29) is 11.5 Å². The third-order valence-corrected chi connectivity index (χ3v) is 6.02. The van der Waals surface area contributed by atoms with Gasteiger partial charge in [-0.05, 0) is 38.3 Å². The zero-order valence-electron chi connectivity index (χ0n) is 15.1. The normalized spacial score (nSPS) is 27.2. The summed E-state index contributed by atoms with van der Waals surface area (Å²) < 4.78 is 8.15. The second-order valence-corrected chi connectivity index (χ2v) is 7.85. The van der Waals surface area contributed by atoms with Crippen LogP contribution in [-0.4, -0.2) is 59.0 Å². The van der Waals surface area contributed by atoms with Gasteiger partial charge in [-0.2, -0.15) is 5.10 Å². The van der Waals surface area contributed by atoms with Crippen LogP contribution in [0.5, 0.6) is 0 Å². The summed E-state index contributed by atoms with van der Waals surface area (Å²) in [6, 6.07) is 2.25. The summed E-state index contributed by atoms with van der Waals surface area (Å²) in [5.41, 5.74) is 0.469. The third-order valence-electron chi connectivity index (χ3n) is 6.02. The molecule has 0 bridgehead atoms. The molecule has 0 radical (unpaired) electrons. The zero-order valence-corrected chi connectivity index (χ0v) is 15.1. The molecule has 1 amide bonds. The van der Waals surface area contributed by atoms with Crippen molar-refractivity contribution in [3.8, 4) is 0 Å². The number of ether oxygens (including phenoxy) is 1. The Labute approximate surface area is 149 Å². The molecule has 2 saturated heterocycles. The van der Waals surface area contributed by atoms with Gasteiger partial charge >= 0.3 is 0 Å². The van der Waals surface area contributed by atoms with Crippen LogP contribution in [0.4, 0.5) is 0 Å². The Hall–Kier alpha value is -1.40. The molecule has 3 fully saturated rings. The maximum Gasteiger partial charge on any atom is 0.274 e. The second-order valence-electron chi connectivity index (χ2n) is 7.85. The molecule has 1 atom stereocenters. The highest BCUT2D eigenvalue weighted by molar-refractivity contribution is 5.92. The number of nitrogens with zero attached hydrogens (tertiary/aromatic N) is 3. The highest BCUT2D eigenvalue weighted by Gasteiger charge is 2.39. The molecular weight excluding hydrogens is 316 g/mol. The predicted molar refractivity (Wildman–Crippen MR) is 95.7 cm³/mol. The van der Waals surface area contributed by atoms with Gasteiger partial charge in [0.25, 0.3) is 5.91 Å². The van der Waals surface area contributed by atoms with Gasteiger partial charge in [0.2, 0.25) is 0 Å². The molecule has 3 heterocycles. The molecule has 1 unspecified atom stereocenters. The summed E-state index contributed by atoms with van der Waals surface area (Å²) in [7, 11) is 0. The fourth-order valence-electron chi connectivity index (χ4n) is 4.57. The summed E-state index contributed by atoms with van der Waals surface area (Å²) in [6.45, 7) is 4.08. The van der Waals surface area contributed by atoms with Crippen molar-refractivity contribution in [2.75, 3.05) is 32.8 Å². The monoisotopic (exact) mass is 346 g/mol. The number of morpholine rings is 1. The number of rotatable bonds is 2. The molecule has 1 saturated carbocycles. The lowest BCUT2D eigenvalue weighted by Crippen LogP contribution is -2.53. The Morgan fingerprint density at radius 3 is 2.84 bits per heavy atom. The smallest absolute Gasteiger partial charge is 0.274 e. The van der Waals surface area contributed by atoms with Crippen LogP contribution in [-0.2, 0) is 4.74 Å². The van der Waals surface area contributed by atoms with Crippen LogP contribution in [0.2, 0.25) is 0 Å². The van der Waals surface area contributed by atoms with Gasteiger partial charge in [-0.1, -0.05) is 25.7 Å². The van der Waals surface area contributed by atoms with Crippen molar-refractivity contribution in [1.29, 1.82) is 0 Å². The molecule has 1 N–H and O–H groups in total. The fraction of sp³-hybridized carbons (Fsp3) is 0.789. The fourth-order valence-corrected chi connectivity index (χ4v) is 4.57. The number of hydrogen-bond donors (Lipinski definition) is 1. The van der Waals surface area contributed by atoms with Crippen LogP contribution in [0.15, 0.2) is 12.3 Å². The molecule has 1 aromatic heterocycles. The maximum absolute atomic E-state index is 13.0. The number of hydrogen-bond acceptors (Lipinski definition) is 4. The lowest BCUT2D eigenvalue weighted by molar-refractivity contribution is -0.107. The highest BCUT2D eigenvalue weighted by Crippen LogP contribution is 2.33. The zero-order chi connectivity index (χ0) is 17.1. The van der Waals surface area contributed by atoms with E-state index in [4.69, 9.17) is 4.74 Å². The predicted octanol–water partition coefficient (Wildman–Crippen LogP) is 2.37. The quantitative estimate of drug-likeness (QED) is 0.893. The largest absolute Gasteiger partial charge is 0.371 e. The molecule has 1 aliphatic carbocycles. The molecule has 2 aliphatic heterocycles. The summed E-state index contributed by atoms with van der Waals surface area (Å²) >= 11 is 0. The molecule has 138 valence electrons. The van der Waals surface area contributed by atoms with E-state index in [1.807, 2.05) is 21.8 Å². The second kappa shape index (κ2) is 7.46. The van der Waals surface area contributed by atoms with Crippen molar-refractivity contribution in [1.82, 2.24) is 20.0 Å². The van der Waals surface area contributed by atoms with Crippen LogP contribution in [0.3, 0.4) is 0 Å². The maximum atomic E-state index is 13.0. The SMILES string of the molecule is O=C(c1ccn(C2CCCNC2)n1)N1CCOC2(CCCCCC2)C1. The number of amides is 1. The minimum Gasteiger partial charge on any atom is -0.371 e. The minimum absolute atomic E-state index is 0.0643. The van der Waals surface area contributed by atoms with Crippen molar-refractivity contribution < 1.29 is 9.53 Å². The van der Waals surface area contributed by atoms with Gasteiger partial charge in [-0.3, -0.25) is 9.48 Å². The van der Waals surface area contributed by atoms with Gasteiger partial charge in [0.1, 0.15) is 5.69 Å². The van der Waals surface area contributed by atoms with Crippen LogP contribution in [0.1, 0.15) is 67.9 Å². The Morgan fingerprint density at radius 2 is 2.08 bits per heavy atom. The molecule has 3 aliphatic rings. The number of carbonyl (C=O) groups excluding carboxylic acids is 1. The molecule has 6 nitrogen and oxygen atoms in total. The van der Waals surface area contributed by atoms with Crippen molar-refractivity contribution in [2.45, 2.75) is 63.0 Å². The van der Waals surface area contributed by atoms with E-state index < -0.39 is 0 Å². The molecule has 1 aromatic rings. The van der Waals surface area contributed by atoms with E-state index in [1.54, 1.807) is 0 Å². The van der Waals surface area contributed by atoms with E-state index in [0.717, 1.165) is 38.9 Å². The Balaban J connectivity index is 1.44. The highest BCUT2D eigenvalue weighted by atomic mass is 16.5. The van der Waals surface area contributed by atoms with Gasteiger partial charge in [0.15, 0.2) is 0 Å². The summed E-state index contributed by atoms with van der Waals surface area (Å²) in [5.74, 6) is 0.0643. The van der Waals surface area contributed by atoms with E-state index >= 15 is 0 Å². The summed E-state index contributed by atoms with van der Waals surface area (Å²) in [5, 5.41) is 8.01. The molecular formula is C19H30N4O2. The average Bonchev–Trinajstić information content (AvgIpc) is 3.05.